The van der Waals surface area contributed by atoms with Crippen LogP contribution < -0.4 is 9.47 Å². The lowest BCUT2D eigenvalue weighted by Gasteiger charge is -2.28. The van der Waals surface area contributed by atoms with Gasteiger partial charge in [-0.2, -0.15) is 0 Å². The molecule has 2 aromatic rings. The van der Waals surface area contributed by atoms with Crippen molar-refractivity contribution in [3.8, 4) is 11.5 Å². The molecule has 0 aromatic heterocycles. The number of esters is 1. The molecule has 0 spiro atoms. The maximum absolute atomic E-state index is 13.1. The lowest BCUT2D eigenvalue weighted by Crippen LogP contribution is -2.39. The van der Waals surface area contributed by atoms with Gasteiger partial charge in [-0.25, -0.2) is 9.59 Å². The zero-order chi connectivity index (χ0) is 32.3. The van der Waals surface area contributed by atoms with Gasteiger partial charge in [0.1, 0.15) is 29.3 Å². The van der Waals surface area contributed by atoms with Crippen LogP contribution in [0.15, 0.2) is 48.5 Å². The molecule has 0 saturated carbocycles. The standard InChI is InChI=1S/C34H46O10/c1-7-18-40-26-19-25(30(32(36)37)29(20-26)41-21-39-6)14-11-15-28-31(44-34(4,5)43-28)27(17-16-22(2)23(3)35)42-33(38)24-12-9-8-10-13-24/h8-14,19-20,22-23,27-28,31,35H,7,15-18,21H2,1-6H3,(H,36,37)/b14-11+/t22-,23+,27?,28-,31-/m1/s1. The van der Waals surface area contributed by atoms with Crippen molar-refractivity contribution in [2.45, 2.75) is 90.5 Å². The van der Waals surface area contributed by atoms with E-state index in [-0.39, 0.29) is 24.0 Å². The van der Waals surface area contributed by atoms with E-state index in [0.29, 0.717) is 42.7 Å². The molecule has 0 radical (unpaired) electrons. The number of aromatic carboxylic acids is 1. The highest BCUT2D eigenvalue weighted by Gasteiger charge is 2.46. The Kier molecular flexibility index (Phi) is 13.2. The highest BCUT2D eigenvalue weighted by molar-refractivity contribution is 5.95. The van der Waals surface area contributed by atoms with Crippen LogP contribution in [0.25, 0.3) is 6.08 Å². The molecule has 10 heteroatoms. The molecular formula is C34H46O10. The van der Waals surface area contributed by atoms with Gasteiger partial charge in [0.2, 0.25) is 0 Å². The number of methoxy groups -OCH3 is 1. The Labute approximate surface area is 259 Å². The first-order chi connectivity index (χ1) is 21.0. The van der Waals surface area contributed by atoms with Crippen LogP contribution >= 0.6 is 0 Å². The summed E-state index contributed by atoms with van der Waals surface area (Å²) >= 11 is 0. The van der Waals surface area contributed by atoms with E-state index in [9.17, 15) is 19.8 Å². The number of hydrogen-bond acceptors (Lipinski definition) is 9. The first kappa shape index (κ1) is 35.0. The molecule has 3 rings (SSSR count). The third-order valence-corrected chi connectivity index (χ3v) is 7.38. The third-order valence-electron chi connectivity index (χ3n) is 7.38. The van der Waals surface area contributed by atoms with Crippen LogP contribution in [-0.2, 0) is 18.9 Å². The monoisotopic (exact) mass is 614 g/mol. The molecule has 5 atom stereocenters. The summed E-state index contributed by atoms with van der Waals surface area (Å²) in [4.78, 5) is 25.4. The predicted molar refractivity (Wildman–Crippen MR) is 165 cm³/mol. The molecule has 0 bridgehead atoms. The summed E-state index contributed by atoms with van der Waals surface area (Å²) in [6, 6.07) is 11.9. The summed E-state index contributed by atoms with van der Waals surface area (Å²) in [5, 5.41) is 20.1. The maximum Gasteiger partial charge on any atom is 0.340 e. The number of carbonyl (C=O) groups is 2. The fourth-order valence-electron chi connectivity index (χ4n) is 4.94. The van der Waals surface area contributed by atoms with E-state index < -0.39 is 42.1 Å². The molecule has 1 fully saturated rings. The van der Waals surface area contributed by atoms with Crippen LogP contribution in [0, 0.1) is 5.92 Å². The van der Waals surface area contributed by atoms with Gasteiger partial charge in [0.15, 0.2) is 12.6 Å². The molecule has 10 nitrogen and oxygen atoms in total. The minimum atomic E-state index is -1.16. The van der Waals surface area contributed by atoms with Gasteiger partial charge in [-0.3, -0.25) is 0 Å². The number of carboxylic acids is 1. The molecule has 44 heavy (non-hydrogen) atoms. The third kappa shape index (κ3) is 10.1. The highest BCUT2D eigenvalue weighted by atomic mass is 16.8. The molecule has 1 aliphatic rings. The Balaban J connectivity index is 1.89. The molecule has 1 unspecified atom stereocenters. The predicted octanol–water partition coefficient (Wildman–Crippen LogP) is 6.10. The number of aliphatic hydroxyl groups is 1. The van der Waals surface area contributed by atoms with E-state index in [4.69, 9.17) is 28.4 Å². The van der Waals surface area contributed by atoms with E-state index in [1.165, 1.54) is 7.11 Å². The van der Waals surface area contributed by atoms with Gasteiger partial charge >= 0.3 is 11.9 Å². The molecule has 242 valence electrons. The molecule has 1 heterocycles. The summed E-state index contributed by atoms with van der Waals surface area (Å²) in [5.41, 5.74) is 0.794. The van der Waals surface area contributed by atoms with Gasteiger partial charge in [-0.15, -0.1) is 0 Å². The van der Waals surface area contributed by atoms with Gasteiger partial charge in [-0.05, 0) is 76.1 Å². The molecule has 0 aliphatic carbocycles. The molecular weight excluding hydrogens is 568 g/mol. The Morgan fingerprint density at radius 1 is 1.07 bits per heavy atom. The maximum atomic E-state index is 13.1. The summed E-state index contributed by atoms with van der Waals surface area (Å²) in [6.07, 6.45) is 3.38. The van der Waals surface area contributed by atoms with Gasteiger partial charge in [0.25, 0.3) is 0 Å². The Morgan fingerprint density at radius 3 is 2.43 bits per heavy atom. The number of carbonyl (C=O) groups excluding carboxylic acids is 1. The normalized spacial score (nSPS) is 19.8. The van der Waals surface area contributed by atoms with Crippen molar-refractivity contribution in [1.29, 1.82) is 0 Å². The van der Waals surface area contributed by atoms with Crippen molar-refractivity contribution in [2.75, 3.05) is 20.5 Å². The average molecular weight is 615 g/mol. The van der Waals surface area contributed by atoms with Gasteiger partial charge in [0, 0.05) is 13.2 Å². The van der Waals surface area contributed by atoms with Crippen LogP contribution in [0.5, 0.6) is 11.5 Å². The Hall–Kier alpha value is -3.44. The van der Waals surface area contributed by atoms with E-state index in [1.807, 2.05) is 26.0 Å². The summed E-state index contributed by atoms with van der Waals surface area (Å²) < 4.78 is 34.9. The second-order valence-electron chi connectivity index (χ2n) is 11.5. The smallest absolute Gasteiger partial charge is 0.340 e. The number of rotatable bonds is 17. The van der Waals surface area contributed by atoms with E-state index >= 15 is 0 Å². The minimum Gasteiger partial charge on any atom is -0.493 e. The van der Waals surface area contributed by atoms with Crippen molar-refractivity contribution >= 4 is 18.0 Å². The van der Waals surface area contributed by atoms with Crippen LogP contribution in [-0.4, -0.2) is 72.9 Å². The fraction of sp³-hybridized carbons (Fsp3) is 0.529. The largest absolute Gasteiger partial charge is 0.493 e. The lowest BCUT2D eigenvalue weighted by atomic mass is 9.94. The van der Waals surface area contributed by atoms with Crippen LogP contribution in [0.1, 0.15) is 86.6 Å². The topological polar surface area (TPSA) is 130 Å². The lowest BCUT2D eigenvalue weighted by molar-refractivity contribution is -0.156. The molecule has 2 N–H and O–H groups in total. The zero-order valence-electron chi connectivity index (χ0n) is 26.5. The highest BCUT2D eigenvalue weighted by Crippen LogP contribution is 2.36. The number of carboxylic acid groups (broad SMARTS) is 1. The van der Waals surface area contributed by atoms with Crippen LogP contribution in [0.2, 0.25) is 0 Å². The molecule has 1 saturated heterocycles. The van der Waals surface area contributed by atoms with Gasteiger partial charge in [0.05, 0.1) is 24.4 Å². The first-order valence-corrected chi connectivity index (χ1v) is 15.1. The number of aliphatic hydroxyl groups excluding tert-OH is 1. The summed E-state index contributed by atoms with van der Waals surface area (Å²) in [7, 11) is 1.45. The molecule has 2 aromatic carbocycles. The van der Waals surface area contributed by atoms with Crippen molar-refractivity contribution in [3.63, 3.8) is 0 Å². The van der Waals surface area contributed by atoms with Crippen molar-refractivity contribution < 1.29 is 48.2 Å². The summed E-state index contributed by atoms with van der Waals surface area (Å²) in [5.74, 6) is -1.99. The fourth-order valence-corrected chi connectivity index (χ4v) is 4.94. The van der Waals surface area contributed by atoms with Gasteiger partial charge in [-0.1, -0.05) is 44.2 Å². The van der Waals surface area contributed by atoms with E-state index in [2.05, 4.69) is 0 Å². The quantitative estimate of drug-likeness (QED) is 0.159. The van der Waals surface area contributed by atoms with Crippen molar-refractivity contribution in [1.82, 2.24) is 0 Å². The number of benzene rings is 2. The second kappa shape index (κ2) is 16.6. The number of ether oxygens (including phenoxy) is 6. The Morgan fingerprint density at radius 2 is 1.80 bits per heavy atom. The average Bonchev–Trinajstić information content (AvgIpc) is 3.30. The van der Waals surface area contributed by atoms with E-state index in [1.54, 1.807) is 63.2 Å². The SMILES string of the molecule is CCCOc1cc(/C=C/C[C@H]2OC(C)(C)O[C@@H]2C(CC[C@@H](C)[C@H](C)O)OC(=O)c2ccccc2)c(C(=O)O)c(OCOC)c1. The van der Waals surface area contributed by atoms with E-state index in [0.717, 1.165) is 6.42 Å². The Bertz CT molecular complexity index is 1240. The zero-order valence-corrected chi connectivity index (χ0v) is 26.5. The minimum absolute atomic E-state index is 0.0206. The summed E-state index contributed by atoms with van der Waals surface area (Å²) in [6.45, 7) is 9.59. The number of hydrogen-bond donors (Lipinski definition) is 2. The first-order valence-electron chi connectivity index (χ1n) is 15.1. The second-order valence-corrected chi connectivity index (χ2v) is 11.5. The van der Waals surface area contributed by atoms with Crippen LogP contribution in [0.4, 0.5) is 0 Å². The molecule has 1 aliphatic heterocycles. The van der Waals surface area contributed by atoms with Gasteiger partial charge < -0.3 is 38.6 Å². The van der Waals surface area contributed by atoms with Crippen LogP contribution in [0.3, 0.4) is 0 Å². The van der Waals surface area contributed by atoms with Crippen molar-refractivity contribution in [3.05, 3.63) is 65.2 Å². The molecule has 0 amide bonds. The van der Waals surface area contributed by atoms with Crippen molar-refractivity contribution in [2.24, 2.45) is 5.92 Å².